The summed E-state index contributed by atoms with van der Waals surface area (Å²) in [5, 5.41) is 1.08. The Bertz CT molecular complexity index is 729. The van der Waals surface area contributed by atoms with E-state index in [1.165, 1.54) is 0 Å². The van der Waals surface area contributed by atoms with E-state index in [1.54, 1.807) is 72.8 Å². The average molecular weight is 310 g/mol. The zero-order valence-electron chi connectivity index (χ0n) is 12.0. The Kier molecular flexibility index (Phi) is 4.22. The maximum atomic E-state index is 15.3. The number of hydrogen-bond donors (Lipinski definition) is 0. The molecule has 0 saturated carbocycles. The topological polar surface area (TPSA) is 17.1 Å². The van der Waals surface area contributed by atoms with E-state index >= 15 is 4.39 Å². The van der Waals surface area contributed by atoms with Crippen LogP contribution >= 0.6 is 7.14 Å². The minimum Gasteiger partial charge on any atom is -0.310 e. The number of rotatable bonds is 4. The van der Waals surface area contributed by atoms with Gasteiger partial charge in [0.15, 0.2) is 13.1 Å². The Morgan fingerprint density at radius 1 is 0.636 bits per heavy atom. The quantitative estimate of drug-likeness (QED) is 0.640. The maximum absolute atomic E-state index is 15.3. The molecule has 3 heteroatoms. The minimum absolute atomic E-state index is 0.443. The van der Waals surface area contributed by atoms with Crippen molar-refractivity contribution >= 4 is 17.8 Å². The van der Waals surface area contributed by atoms with Crippen LogP contribution in [-0.2, 0) is 4.57 Å². The Hall–Kier alpha value is -2.18. The molecule has 110 valence electrons. The van der Waals surface area contributed by atoms with Crippen LogP contribution in [0.1, 0.15) is 11.5 Å². The lowest BCUT2D eigenvalue weighted by molar-refractivity contribution is 0.438. The first-order valence-electron chi connectivity index (χ1n) is 7.13. The lowest BCUT2D eigenvalue weighted by atomic mass is 10.2. The molecule has 0 saturated heterocycles. The molecule has 0 fully saturated rings. The zero-order valence-corrected chi connectivity index (χ0v) is 12.9. The normalized spacial score (nSPS) is 12.8. The molecule has 0 heterocycles. The molecule has 22 heavy (non-hydrogen) atoms. The van der Waals surface area contributed by atoms with Crippen LogP contribution < -0.4 is 10.6 Å². The van der Waals surface area contributed by atoms with Gasteiger partial charge in [0.25, 0.3) is 0 Å². The molecular weight excluding hydrogens is 294 g/mol. The summed E-state index contributed by atoms with van der Waals surface area (Å²) in [6.07, 6.45) is 0. The van der Waals surface area contributed by atoms with Crippen molar-refractivity contribution in [1.82, 2.24) is 0 Å². The van der Waals surface area contributed by atoms with Crippen LogP contribution in [0.4, 0.5) is 4.39 Å². The highest BCUT2D eigenvalue weighted by Crippen LogP contribution is 2.57. The van der Waals surface area contributed by atoms with E-state index in [2.05, 4.69) is 0 Å². The summed E-state index contributed by atoms with van der Waals surface area (Å²) in [5.74, 6) is -1.56. The molecule has 1 nitrogen and oxygen atoms in total. The van der Waals surface area contributed by atoms with Crippen molar-refractivity contribution in [3.05, 3.63) is 96.6 Å². The molecule has 0 aliphatic rings. The van der Waals surface area contributed by atoms with Gasteiger partial charge in [0.1, 0.15) is 0 Å². The van der Waals surface area contributed by atoms with Crippen molar-refractivity contribution in [2.75, 3.05) is 0 Å². The van der Waals surface area contributed by atoms with E-state index in [4.69, 9.17) is 0 Å². The first-order chi connectivity index (χ1) is 10.7. The third kappa shape index (κ3) is 2.63. The van der Waals surface area contributed by atoms with Gasteiger partial charge in [-0.25, -0.2) is 4.39 Å². The Morgan fingerprint density at radius 3 is 1.41 bits per heavy atom. The summed E-state index contributed by atoms with van der Waals surface area (Å²) in [5.41, 5.74) is 0.443. The number of hydrogen-bond acceptors (Lipinski definition) is 1. The fourth-order valence-electron chi connectivity index (χ4n) is 2.53. The summed E-state index contributed by atoms with van der Waals surface area (Å²) in [7, 11) is -3.40. The summed E-state index contributed by atoms with van der Waals surface area (Å²) >= 11 is 0. The smallest absolute Gasteiger partial charge is 0.185 e. The van der Waals surface area contributed by atoms with E-state index in [0.717, 1.165) is 0 Å². The highest BCUT2D eigenvalue weighted by molar-refractivity contribution is 7.78. The van der Waals surface area contributed by atoms with Gasteiger partial charge in [-0.3, -0.25) is 0 Å². The predicted molar refractivity (Wildman–Crippen MR) is 90.0 cm³/mol. The molecule has 0 N–H and O–H groups in total. The van der Waals surface area contributed by atoms with Gasteiger partial charge in [-0.15, -0.1) is 0 Å². The third-order valence-electron chi connectivity index (χ3n) is 3.67. The fraction of sp³-hybridized carbons (Fsp3) is 0.0526. The van der Waals surface area contributed by atoms with Crippen molar-refractivity contribution in [2.24, 2.45) is 0 Å². The molecule has 0 amide bonds. The van der Waals surface area contributed by atoms with E-state index in [1.807, 2.05) is 18.2 Å². The van der Waals surface area contributed by atoms with Crippen LogP contribution in [0.3, 0.4) is 0 Å². The van der Waals surface area contributed by atoms with Gasteiger partial charge < -0.3 is 4.57 Å². The molecule has 1 atom stereocenters. The minimum atomic E-state index is -3.40. The molecular formula is C19H16FOP. The second kappa shape index (κ2) is 6.29. The molecule has 0 aromatic heterocycles. The second-order valence-corrected chi connectivity index (χ2v) is 7.88. The lowest BCUT2D eigenvalue weighted by Crippen LogP contribution is -2.19. The Balaban J connectivity index is 2.18. The van der Waals surface area contributed by atoms with Crippen LogP contribution in [0.5, 0.6) is 0 Å². The number of halogens is 1. The first-order valence-corrected chi connectivity index (χ1v) is 8.90. The van der Waals surface area contributed by atoms with Gasteiger partial charge in [0.05, 0.1) is 0 Å². The van der Waals surface area contributed by atoms with Crippen molar-refractivity contribution in [3.8, 4) is 0 Å². The first kappa shape index (κ1) is 14.7. The third-order valence-corrected chi connectivity index (χ3v) is 6.74. The average Bonchev–Trinajstić information content (AvgIpc) is 2.62. The van der Waals surface area contributed by atoms with Gasteiger partial charge in [-0.05, 0) is 5.56 Å². The lowest BCUT2D eigenvalue weighted by Gasteiger charge is -2.23. The molecule has 0 radical (unpaired) electrons. The summed E-state index contributed by atoms with van der Waals surface area (Å²) in [6.45, 7) is 0. The van der Waals surface area contributed by atoms with Crippen LogP contribution in [0.15, 0.2) is 91.0 Å². The highest BCUT2D eigenvalue weighted by atomic mass is 31.2. The van der Waals surface area contributed by atoms with E-state index in [0.29, 0.717) is 16.2 Å². The molecule has 1 unspecified atom stereocenters. The van der Waals surface area contributed by atoms with Crippen LogP contribution in [0, 0.1) is 0 Å². The zero-order chi connectivity index (χ0) is 15.4. The van der Waals surface area contributed by atoms with Gasteiger partial charge in [0, 0.05) is 10.6 Å². The Labute approximate surface area is 129 Å². The summed E-state index contributed by atoms with van der Waals surface area (Å²) < 4.78 is 29.0. The highest BCUT2D eigenvalue weighted by Gasteiger charge is 2.37. The van der Waals surface area contributed by atoms with E-state index in [-0.39, 0.29) is 0 Å². The van der Waals surface area contributed by atoms with Gasteiger partial charge in [-0.1, -0.05) is 91.0 Å². The van der Waals surface area contributed by atoms with E-state index < -0.39 is 13.1 Å². The predicted octanol–water partition coefficient (Wildman–Crippen LogP) is 4.67. The van der Waals surface area contributed by atoms with Crippen LogP contribution in [0.25, 0.3) is 0 Å². The van der Waals surface area contributed by atoms with Gasteiger partial charge in [0.2, 0.25) is 0 Å². The molecule has 3 aromatic rings. The SMILES string of the molecule is O=P(c1ccccc1)(c1ccccc1)C(F)c1ccccc1. The van der Waals surface area contributed by atoms with Gasteiger partial charge >= 0.3 is 0 Å². The largest absolute Gasteiger partial charge is 0.310 e. The summed E-state index contributed by atoms with van der Waals surface area (Å²) in [4.78, 5) is 0. The van der Waals surface area contributed by atoms with E-state index in [9.17, 15) is 4.57 Å². The van der Waals surface area contributed by atoms with Crippen molar-refractivity contribution < 1.29 is 8.96 Å². The van der Waals surface area contributed by atoms with Crippen LogP contribution in [0.2, 0.25) is 0 Å². The van der Waals surface area contributed by atoms with Crippen molar-refractivity contribution in [2.45, 2.75) is 5.91 Å². The van der Waals surface area contributed by atoms with Crippen molar-refractivity contribution in [1.29, 1.82) is 0 Å². The molecule has 0 spiro atoms. The van der Waals surface area contributed by atoms with Crippen LogP contribution in [-0.4, -0.2) is 0 Å². The molecule has 3 rings (SSSR count). The molecule has 0 aliphatic heterocycles. The second-order valence-electron chi connectivity index (χ2n) is 5.08. The standard InChI is InChI=1S/C19H16FOP/c20-19(16-10-4-1-5-11-16)22(21,17-12-6-2-7-13-17)18-14-8-3-9-15-18/h1-15,19H. The molecule has 0 bridgehead atoms. The molecule has 3 aromatic carbocycles. The van der Waals surface area contributed by atoms with Crippen molar-refractivity contribution in [3.63, 3.8) is 0 Å². The van der Waals surface area contributed by atoms with Gasteiger partial charge in [-0.2, -0.15) is 0 Å². The monoisotopic (exact) mass is 310 g/mol. The number of alkyl halides is 1. The maximum Gasteiger partial charge on any atom is 0.185 e. The fourth-order valence-corrected chi connectivity index (χ4v) is 5.18. The number of benzene rings is 3. The molecule has 0 aliphatic carbocycles. The Morgan fingerprint density at radius 2 is 1.00 bits per heavy atom. The summed E-state index contributed by atoms with van der Waals surface area (Å²) in [6, 6.07) is 26.5.